The third kappa shape index (κ3) is 5.61. The molecule has 2 unspecified atom stereocenters. The highest BCUT2D eigenvalue weighted by molar-refractivity contribution is 6.18. The molecule has 0 bridgehead atoms. The Bertz CT molecular complexity index is 184. The third-order valence-corrected chi connectivity index (χ3v) is 4.52. The molecule has 1 heterocycles. The van der Waals surface area contributed by atoms with E-state index in [4.69, 9.17) is 11.6 Å². The van der Waals surface area contributed by atoms with Crippen molar-refractivity contribution in [2.75, 3.05) is 19.0 Å². The lowest BCUT2D eigenvalue weighted by Crippen LogP contribution is -2.34. The Morgan fingerprint density at radius 1 is 1.06 bits per heavy atom. The molecule has 2 heteroatoms. The number of unbranched alkanes of at least 4 members (excludes halogenated alkanes) is 6. The van der Waals surface area contributed by atoms with Crippen molar-refractivity contribution in [2.45, 2.75) is 71.3 Å². The Kier molecular flexibility index (Phi) is 8.30. The van der Waals surface area contributed by atoms with Gasteiger partial charge in [-0.1, -0.05) is 52.4 Å². The minimum atomic E-state index is 0.650. The van der Waals surface area contributed by atoms with Crippen LogP contribution in [-0.2, 0) is 0 Å². The van der Waals surface area contributed by atoms with Gasteiger partial charge in [-0.2, -0.15) is 0 Å². The first-order valence-corrected chi connectivity index (χ1v) is 8.13. The lowest BCUT2D eigenvalue weighted by Gasteiger charge is -2.24. The molecule has 0 N–H and O–H groups in total. The van der Waals surface area contributed by atoms with Gasteiger partial charge < -0.3 is 0 Å². The number of alkyl halides is 1. The van der Waals surface area contributed by atoms with Crippen molar-refractivity contribution in [3.05, 3.63) is 0 Å². The first kappa shape index (κ1) is 15.3. The predicted molar refractivity (Wildman–Crippen MR) is 77.9 cm³/mol. The summed E-state index contributed by atoms with van der Waals surface area (Å²) in [5.74, 6) is 1.62. The van der Waals surface area contributed by atoms with E-state index in [0.29, 0.717) is 6.04 Å². The fourth-order valence-corrected chi connectivity index (χ4v) is 3.39. The van der Waals surface area contributed by atoms with E-state index in [-0.39, 0.29) is 0 Å². The molecule has 1 aliphatic heterocycles. The van der Waals surface area contributed by atoms with Gasteiger partial charge in [0.15, 0.2) is 0 Å². The minimum absolute atomic E-state index is 0.650. The van der Waals surface area contributed by atoms with E-state index in [9.17, 15) is 0 Å². The molecular formula is C15H30ClN. The van der Waals surface area contributed by atoms with Crippen molar-refractivity contribution in [1.29, 1.82) is 0 Å². The molecule has 2 atom stereocenters. The second-order valence-electron chi connectivity index (χ2n) is 5.64. The molecule has 17 heavy (non-hydrogen) atoms. The normalized spacial score (nSPS) is 25.6. The van der Waals surface area contributed by atoms with Crippen LogP contribution in [0.3, 0.4) is 0 Å². The highest BCUT2D eigenvalue weighted by Crippen LogP contribution is 2.25. The number of rotatable bonds is 9. The third-order valence-electron chi connectivity index (χ3n) is 4.20. The van der Waals surface area contributed by atoms with Crippen LogP contribution in [0.4, 0.5) is 0 Å². The molecule has 0 aromatic heterocycles. The average molecular weight is 260 g/mol. The van der Waals surface area contributed by atoms with Gasteiger partial charge in [0.25, 0.3) is 0 Å². The molecule has 102 valence electrons. The highest BCUT2D eigenvalue weighted by Gasteiger charge is 2.29. The van der Waals surface area contributed by atoms with Gasteiger partial charge in [0.1, 0.15) is 0 Å². The molecule has 0 aliphatic carbocycles. The molecule has 1 fully saturated rings. The summed E-state index contributed by atoms with van der Waals surface area (Å²) in [6.07, 6.45) is 11.2. The van der Waals surface area contributed by atoms with E-state index in [0.717, 1.165) is 11.8 Å². The van der Waals surface area contributed by atoms with Crippen LogP contribution in [0.2, 0.25) is 0 Å². The molecular weight excluding hydrogens is 230 g/mol. The summed E-state index contributed by atoms with van der Waals surface area (Å²) in [6, 6.07) is 0.650. The molecule has 1 saturated heterocycles. The van der Waals surface area contributed by atoms with E-state index < -0.39 is 0 Å². The summed E-state index contributed by atoms with van der Waals surface area (Å²) in [4.78, 5) is 2.61. The fraction of sp³-hybridized carbons (Fsp3) is 1.00. The molecule has 1 rings (SSSR count). The van der Waals surface area contributed by atoms with Gasteiger partial charge in [0.05, 0.1) is 0 Å². The molecule has 1 aliphatic rings. The SMILES string of the molecule is CCCCCCCCCN1CCC(C)C1CCl. The number of nitrogens with zero attached hydrogens (tertiary/aromatic N) is 1. The van der Waals surface area contributed by atoms with Gasteiger partial charge in [-0.05, 0) is 31.8 Å². The van der Waals surface area contributed by atoms with Crippen LogP contribution in [-0.4, -0.2) is 29.9 Å². The predicted octanol–water partition coefficient (Wildman–Crippen LogP) is 4.69. The van der Waals surface area contributed by atoms with Crippen molar-refractivity contribution >= 4 is 11.6 Å². The zero-order valence-corrected chi connectivity index (χ0v) is 12.5. The summed E-state index contributed by atoms with van der Waals surface area (Å²) in [6.45, 7) is 7.17. The molecule has 1 nitrogen and oxygen atoms in total. The number of hydrogen-bond acceptors (Lipinski definition) is 1. The van der Waals surface area contributed by atoms with Gasteiger partial charge in [-0.3, -0.25) is 4.90 Å². The molecule has 0 aromatic carbocycles. The van der Waals surface area contributed by atoms with Gasteiger partial charge >= 0.3 is 0 Å². The standard InChI is InChI=1S/C15H30ClN/c1-3-4-5-6-7-8-9-11-17-12-10-14(2)15(17)13-16/h14-15H,3-13H2,1-2H3. The highest BCUT2D eigenvalue weighted by atomic mass is 35.5. The zero-order valence-electron chi connectivity index (χ0n) is 11.8. The van der Waals surface area contributed by atoms with E-state index >= 15 is 0 Å². The monoisotopic (exact) mass is 259 g/mol. The van der Waals surface area contributed by atoms with Crippen molar-refractivity contribution in [2.24, 2.45) is 5.92 Å². The number of likely N-dealkylation sites (tertiary alicyclic amines) is 1. The Labute approximate surface area is 113 Å². The fourth-order valence-electron chi connectivity index (χ4n) is 2.89. The maximum atomic E-state index is 6.05. The second kappa shape index (κ2) is 9.22. The first-order chi connectivity index (χ1) is 8.29. The first-order valence-electron chi connectivity index (χ1n) is 7.59. The summed E-state index contributed by atoms with van der Waals surface area (Å²) < 4.78 is 0. The molecule has 0 amide bonds. The maximum Gasteiger partial charge on any atom is 0.0382 e. The summed E-state index contributed by atoms with van der Waals surface area (Å²) >= 11 is 6.05. The van der Waals surface area contributed by atoms with Gasteiger partial charge in [-0.15, -0.1) is 11.6 Å². The Balaban J connectivity index is 1.99. The largest absolute Gasteiger partial charge is 0.299 e. The van der Waals surface area contributed by atoms with Crippen LogP contribution in [0.15, 0.2) is 0 Å². The number of hydrogen-bond donors (Lipinski definition) is 0. The van der Waals surface area contributed by atoms with E-state index in [1.54, 1.807) is 0 Å². The van der Waals surface area contributed by atoms with Gasteiger partial charge in [0.2, 0.25) is 0 Å². The van der Waals surface area contributed by atoms with Crippen molar-refractivity contribution in [1.82, 2.24) is 4.90 Å². The second-order valence-corrected chi connectivity index (χ2v) is 5.95. The molecule has 0 spiro atoms. The van der Waals surface area contributed by atoms with Crippen molar-refractivity contribution in [3.63, 3.8) is 0 Å². The summed E-state index contributed by atoms with van der Waals surface area (Å²) in [5.41, 5.74) is 0. The molecule has 0 aromatic rings. The van der Waals surface area contributed by atoms with Crippen molar-refractivity contribution < 1.29 is 0 Å². The molecule has 0 saturated carbocycles. The van der Waals surface area contributed by atoms with Crippen LogP contribution in [0, 0.1) is 5.92 Å². The quantitative estimate of drug-likeness (QED) is 0.429. The zero-order chi connectivity index (χ0) is 12.5. The van der Waals surface area contributed by atoms with E-state index in [1.165, 1.54) is 64.5 Å². The van der Waals surface area contributed by atoms with Gasteiger partial charge in [-0.25, -0.2) is 0 Å². The minimum Gasteiger partial charge on any atom is -0.299 e. The van der Waals surface area contributed by atoms with E-state index in [2.05, 4.69) is 18.7 Å². The summed E-state index contributed by atoms with van der Waals surface area (Å²) in [7, 11) is 0. The Morgan fingerprint density at radius 3 is 2.35 bits per heavy atom. The topological polar surface area (TPSA) is 3.24 Å². The lowest BCUT2D eigenvalue weighted by molar-refractivity contribution is 0.244. The van der Waals surface area contributed by atoms with Crippen LogP contribution in [0.25, 0.3) is 0 Å². The van der Waals surface area contributed by atoms with Crippen LogP contribution < -0.4 is 0 Å². The molecule has 0 radical (unpaired) electrons. The van der Waals surface area contributed by atoms with Crippen LogP contribution in [0.1, 0.15) is 65.2 Å². The lowest BCUT2D eigenvalue weighted by atomic mass is 10.0. The Morgan fingerprint density at radius 2 is 1.71 bits per heavy atom. The van der Waals surface area contributed by atoms with Gasteiger partial charge in [0, 0.05) is 11.9 Å². The van der Waals surface area contributed by atoms with Crippen LogP contribution in [0.5, 0.6) is 0 Å². The van der Waals surface area contributed by atoms with Crippen LogP contribution >= 0.6 is 11.6 Å². The average Bonchev–Trinajstić information content (AvgIpc) is 2.69. The Hall–Kier alpha value is 0.250. The smallest absolute Gasteiger partial charge is 0.0382 e. The van der Waals surface area contributed by atoms with E-state index in [1.807, 2.05) is 0 Å². The van der Waals surface area contributed by atoms with Crippen molar-refractivity contribution in [3.8, 4) is 0 Å². The maximum absolute atomic E-state index is 6.05. The summed E-state index contributed by atoms with van der Waals surface area (Å²) in [5, 5.41) is 0. The number of halogens is 1.